The molecule has 0 saturated carbocycles. The van der Waals surface area contributed by atoms with Crippen molar-refractivity contribution >= 4 is 39.4 Å². The zero-order chi connectivity index (χ0) is 23.5. The molecule has 33 heavy (non-hydrogen) atoms. The molecular formula is C20H17ClF2N6O3S. The van der Waals surface area contributed by atoms with Crippen LogP contribution in [0.25, 0.3) is 22.2 Å². The van der Waals surface area contributed by atoms with E-state index in [2.05, 4.69) is 29.6 Å². The Balaban J connectivity index is 1.71. The number of alkyl halides is 2. The van der Waals surface area contributed by atoms with E-state index in [-0.39, 0.29) is 23.3 Å². The van der Waals surface area contributed by atoms with Gasteiger partial charge in [-0.05, 0) is 12.1 Å². The molecule has 0 radical (unpaired) electrons. The molecule has 4 rings (SSSR count). The number of hydrogen-bond acceptors (Lipinski definition) is 7. The van der Waals surface area contributed by atoms with E-state index in [0.717, 1.165) is 0 Å². The number of rotatable bonds is 8. The molecule has 0 saturated heterocycles. The predicted molar refractivity (Wildman–Crippen MR) is 119 cm³/mol. The lowest BCUT2D eigenvalue weighted by atomic mass is 10.1. The molecule has 172 valence electrons. The molecule has 4 aromatic rings. The number of methoxy groups -OCH3 is 2. The molecule has 9 nitrogen and oxygen atoms in total. The molecule has 0 spiro atoms. The number of nitrogens with zero attached hydrogens (tertiary/aromatic N) is 4. The van der Waals surface area contributed by atoms with Gasteiger partial charge in [0.15, 0.2) is 11.0 Å². The molecule has 0 bridgehead atoms. The Morgan fingerprint density at radius 2 is 1.91 bits per heavy atom. The number of ether oxygens (including phenoxy) is 2. The van der Waals surface area contributed by atoms with E-state index < -0.39 is 23.8 Å². The van der Waals surface area contributed by atoms with Gasteiger partial charge >= 0.3 is 0 Å². The lowest BCUT2D eigenvalue weighted by Crippen LogP contribution is -2.12. The van der Waals surface area contributed by atoms with Crippen molar-refractivity contribution in [2.45, 2.75) is 17.7 Å². The molecule has 0 aliphatic carbocycles. The summed E-state index contributed by atoms with van der Waals surface area (Å²) in [6.45, 7) is 0. The minimum atomic E-state index is -2.65. The minimum Gasteiger partial charge on any atom is -0.481 e. The largest absolute Gasteiger partial charge is 0.481 e. The molecule has 3 aromatic heterocycles. The Morgan fingerprint density at radius 1 is 1.18 bits per heavy atom. The van der Waals surface area contributed by atoms with Crippen molar-refractivity contribution in [3.63, 3.8) is 0 Å². The van der Waals surface area contributed by atoms with Crippen LogP contribution >= 0.6 is 11.6 Å². The summed E-state index contributed by atoms with van der Waals surface area (Å²) in [5.74, 6) is -0.309. The fraction of sp³-hybridized carbons (Fsp3) is 0.200. The smallest absolute Gasteiger partial charge is 0.243 e. The zero-order valence-corrected chi connectivity index (χ0v) is 18.9. The van der Waals surface area contributed by atoms with Gasteiger partial charge < -0.3 is 14.5 Å². The third-order valence-corrected chi connectivity index (χ3v) is 6.09. The highest BCUT2D eigenvalue weighted by Crippen LogP contribution is 2.36. The van der Waals surface area contributed by atoms with Crippen LogP contribution in [0.1, 0.15) is 5.56 Å². The lowest BCUT2D eigenvalue weighted by molar-refractivity contribution is 0.146. The number of nitrogens with one attached hydrogen (secondary N) is 2. The fourth-order valence-electron chi connectivity index (χ4n) is 3.28. The second-order valence-corrected chi connectivity index (χ2v) is 8.19. The van der Waals surface area contributed by atoms with E-state index in [1.807, 2.05) is 0 Å². The number of anilines is 1. The molecule has 13 heteroatoms. The third-order valence-electron chi connectivity index (χ3n) is 4.67. The van der Waals surface area contributed by atoms with Crippen molar-refractivity contribution in [2.75, 3.05) is 18.9 Å². The summed E-state index contributed by atoms with van der Waals surface area (Å²) in [7, 11) is 0.746. The highest BCUT2D eigenvalue weighted by atomic mass is 35.5. The van der Waals surface area contributed by atoms with Crippen LogP contribution in [0, 0.1) is 0 Å². The summed E-state index contributed by atoms with van der Waals surface area (Å²) >= 11 is 6.40. The molecule has 1 aromatic carbocycles. The molecule has 0 aliphatic rings. The molecular weight excluding hydrogens is 478 g/mol. The summed E-state index contributed by atoms with van der Waals surface area (Å²) in [4.78, 5) is 19.8. The van der Waals surface area contributed by atoms with Gasteiger partial charge in [-0.25, -0.2) is 23.0 Å². The number of aromatic amines is 1. The molecule has 1 unspecified atom stereocenters. The second-order valence-electron chi connectivity index (χ2n) is 6.60. The summed E-state index contributed by atoms with van der Waals surface area (Å²) in [6.07, 6.45) is 1.27. The SMILES string of the molecule is COc1nc(NS(=O)c2c[nH]c3c(-c4ccncn4)c(Cl)ccc23)nc(OC)c1CC(F)F. The van der Waals surface area contributed by atoms with Crippen molar-refractivity contribution < 1.29 is 22.5 Å². The zero-order valence-electron chi connectivity index (χ0n) is 17.3. The van der Waals surface area contributed by atoms with Crippen LogP contribution < -0.4 is 14.2 Å². The number of halogens is 3. The Labute approximate surface area is 194 Å². The summed E-state index contributed by atoms with van der Waals surface area (Å²) in [5.41, 5.74) is 1.88. The van der Waals surface area contributed by atoms with Gasteiger partial charge in [-0.2, -0.15) is 9.97 Å². The van der Waals surface area contributed by atoms with Crippen molar-refractivity contribution in [2.24, 2.45) is 0 Å². The Morgan fingerprint density at radius 3 is 2.52 bits per heavy atom. The molecule has 0 fully saturated rings. The summed E-state index contributed by atoms with van der Waals surface area (Å²) in [6, 6.07) is 5.11. The number of H-pyrrole nitrogens is 1. The van der Waals surface area contributed by atoms with Gasteiger partial charge in [-0.3, -0.25) is 4.72 Å². The minimum absolute atomic E-state index is 0.0163. The molecule has 0 aliphatic heterocycles. The van der Waals surface area contributed by atoms with Gasteiger partial charge in [0.05, 0.1) is 40.9 Å². The first-order valence-corrected chi connectivity index (χ1v) is 11.0. The van der Waals surface area contributed by atoms with Crippen LogP contribution in [0.2, 0.25) is 5.02 Å². The Bertz CT molecular complexity index is 1300. The Hall–Kier alpha value is -3.38. The van der Waals surface area contributed by atoms with E-state index in [1.54, 1.807) is 30.6 Å². The number of benzene rings is 1. The number of aromatic nitrogens is 5. The third kappa shape index (κ3) is 4.57. The monoisotopic (exact) mass is 494 g/mol. The van der Waals surface area contributed by atoms with Crippen LogP contribution in [0.4, 0.5) is 14.7 Å². The maximum atomic E-state index is 13.1. The van der Waals surface area contributed by atoms with Gasteiger partial charge in [0.1, 0.15) is 6.33 Å². The van der Waals surface area contributed by atoms with Gasteiger partial charge in [-0.15, -0.1) is 0 Å². The average molecular weight is 495 g/mol. The van der Waals surface area contributed by atoms with Crippen LogP contribution in [-0.4, -0.2) is 49.8 Å². The van der Waals surface area contributed by atoms with Crippen LogP contribution in [-0.2, 0) is 17.4 Å². The average Bonchev–Trinajstić information content (AvgIpc) is 3.24. The predicted octanol–water partition coefficient (Wildman–Crippen LogP) is 4.03. The van der Waals surface area contributed by atoms with Crippen molar-refractivity contribution in [1.82, 2.24) is 24.9 Å². The first-order chi connectivity index (χ1) is 15.9. The maximum absolute atomic E-state index is 13.1. The molecule has 0 amide bonds. The quantitative estimate of drug-likeness (QED) is 0.380. The van der Waals surface area contributed by atoms with Crippen molar-refractivity contribution in [3.8, 4) is 23.0 Å². The Kier molecular flexibility index (Phi) is 6.65. The van der Waals surface area contributed by atoms with Gasteiger partial charge in [0.2, 0.25) is 24.1 Å². The van der Waals surface area contributed by atoms with Crippen molar-refractivity contribution in [3.05, 3.63) is 47.5 Å². The summed E-state index contributed by atoms with van der Waals surface area (Å²) < 4.78 is 51.9. The van der Waals surface area contributed by atoms with E-state index in [0.29, 0.717) is 32.1 Å². The van der Waals surface area contributed by atoms with E-state index >= 15 is 0 Å². The van der Waals surface area contributed by atoms with Crippen LogP contribution in [0.3, 0.4) is 0 Å². The van der Waals surface area contributed by atoms with Crippen LogP contribution in [0.5, 0.6) is 11.8 Å². The second kappa shape index (κ2) is 9.63. The van der Waals surface area contributed by atoms with E-state index in [4.69, 9.17) is 21.1 Å². The van der Waals surface area contributed by atoms with E-state index in [9.17, 15) is 13.0 Å². The van der Waals surface area contributed by atoms with Gasteiger partial charge in [-0.1, -0.05) is 17.7 Å². The number of fused-ring (bicyclic) bond motifs is 1. The lowest BCUT2D eigenvalue weighted by Gasteiger charge is -2.13. The maximum Gasteiger partial charge on any atom is 0.243 e. The van der Waals surface area contributed by atoms with Gasteiger partial charge in [0.25, 0.3) is 0 Å². The highest BCUT2D eigenvalue weighted by molar-refractivity contribution is 7.86. The molecule has 3 heterocycles. The fourth-order valence-corrected chi connectivity index (χ4v) is 4.44. The van der Waals surface area contributed by atoms with E-state index in [1.165, 1.54) is 20.5 Å². The molecule has 1 atom stereocenters. The first kappa shape index (κ1) is 22.8. The molecule has 2 N–H and O–H groups in total. The number of hydrogen-bond donors (Lipinski definition) is 2. The topological polar surface area (TPSA) is 115 Å². The van der Waals surface area contributed by atoms with Crippen molar-refractivity contribution in [1.29, 1.82) is 0 Å². The normalized spacial score (nSPS) is 12.2. The summed E-state index contributed by atoms with van der Waals surface area (Å²) in [5, 5.41) is 1.09. The highest BCUT2D eigenvalue weighted by Gasteiger charge is 2.22. The standard InChI is InChI=1S/C20H17ClF2N6O3S/c1-31-18-11(7-15(22)23)19(32-2)28-20(27-18)29-33(30)14-8-25-17-10(14)3-4-12(21)16(17)13-5-6-24-9-26-13/h3-6,8-9,15,25H,7H2,1-2H3,(H,27,28,29). The first-order valence-electron chi connectivity index (χ1n) is 9.44. The van der Waals surface area contributed by atoms with Gasteiger partial charge in [0, 0.05) is 29.8 Å². The van der Waals surface area contributed by atoms with Crippen LogP contribution in [0.15, 0.2) is 41.8 Å².